The predicted molar refractivity (Wildman–Crippen MR) is 63.1 cm³/mol. The first-order valence-corrected chi connectivity index (χ1v) is 5.52. The standard InChI is InChI=1S/C10H19N5O2/c1-4-12-5-7-14-15-9(17-7)13-6-10(2,3)8(11)16/h12H,4-6H2,1-3H3,(H2,11,16)(H,13,15). The molecule has 7 heteroatoms. The van der Waals surface area contributed by atoms with Crippen molar-refractivity contribution in [3.8, 4) is 0 Å². The molecule has 0 saturated carbocycles. The van der Waals surface area contributed by atoms with Crippen molar-refractivity contribution in [3.05, 3.63) is 5.89 Å². The van der Waals surface area contributed by atoms with Gasteiger partial charge in [-0.05, 0) is 20.4 Å². The summed E-state index contributed by atoms with van der Waals surface area (Å²) in [7, 11) is 0. The van der Waals surface area contributed by atoms with Crippen LogP contribution in [0, 0.1) is 5.41 Å². The van der Waals surface area contributed by atoms with Gasteiger partial charge in [-0.3, -0.25) is 4.79 Å². The molecule has 0 spiro atoms. The van der Waals surface area contributed by atoms with Crippen LogP contribution < -0.4 is 16.4 Å². The van der Waals surface area contributed by atoms with Crippen molar-refractivity contribution in [3.63, 3.8) is 0 Å². The Labute approximate surface area is 100 Å². The SMILES string of the molecule is CCNCc1nnc(NCC(C)(C)C(N)=O)o1. The smallest absolute Gasteiger partial charge is 0.315 e. The summed E-state index contributed by atoms with van der Waals surface area (Å²) < 4.78 is 5.31. The lowest BCUT2D eigenvalue weighted by atomic mass is 9.93. The molecule has 1 heterocycles. The second-order valence-corrected chi connectivity index (χ2v) is 4.38. The Kier molecular flexibility index (Phi) is 4.45. The highest BCUT2D eigenvalue weighted by atomic mass is 16.4. The molecular weight excluding hydrogens is 222 g/mol. The zero-order valence-corrected chi connectivity index (χ0v) is 10.4. The maximum Gasteiger partial charge on any atom is 0.315 e. The van der Waals surface area contributed by atoms with Gasteiger partial charge in [-0.2, -0.15) is 0 Å². The molecule has 0 saturated heterocycles. The number of primary amides is 1. The summed E-state index contributed by atoms with van der Waals surface area (Å²) in [5, 5.41) is 13.6. The molecule has 1 aromatic heterocycles. The molecule has 0 aliphatic rings. The summed E-state index contributed by atoms with van der Waals surface area (Å²) in [5.74, 6) is 0.128. The van der Waals surface area contributed by atoms with Crippen molar-refractivity contribution in [1.82, 2.24) is 15.5 Å². The third-order valence-electron chi connectivity index (χ3n) is 2.34. The quantitative estimate of drug-likeness (QED) is 0.625. The van der Waals surface area contributed by atoms with E-state index in [1.807, 2.05) is 6.92 Å². The van der Waals surface area contributed by atoms with Gasteiger partial charge in [-0.25, -0.2) is 0 Å². The molecule has 0 fully saturated rings. The van der Waals surface area contributed by atoms with Gasteiger partial charge in [0.25, 0.3) is 0 Å². The largest absolute Gasteiger partial charge is 0.407 e. The van der Waals surface area contributed by atoms with E-state index in [2.05, 4.69) is 20.8 Å². The third kappa shape index (κ3) is 4.03. The molecule has 0 aliphatic carbocycles. The molecule has 0 atom stereocenters. The van der Waals surface area contributed by atoms with E-state index in [9.17, 15) is 4.79 Å². The minimum absolute atomic E-state index is 0.298. The molecule has 7 nitrogen and oxygen atoms in total. The zero-order chi connectivity index (χ0) is 12.9. The molecule has 0 radical (unpaired) electrons. The van der Waals surface area contributed by atoms with Gasteiger partial charge in [0.1, 0.15) is 0 Å². The van der Waals surface area contributed by atoms with Gasteiger partial charge in [-0.1, -0.05) is 12.0 Å². The first kappa shape index (κ1) is 13.4. The van der Waals surface area contributed by atoms with E-state index in [1.54, 1.807) is 13.8 Å². The minimum atomic E-state index is -0.656. The maximum absolute atomic E-state index is 11.1. The van der Waals surface area contributed by atoms with Crippen LogP contribution in [0.4, 0.5) is 6.01 Å². The molecule has 17 heavy (non-hydrogen) atoms. The summed E-state index contributed by atoms with van der Waals surface area (Å²) in [6.45, 7) is 7.21. The average Bonchev–Trinajstić information content (AvgIpc) is 2.71. The van der Waals surface area contributed by atoms with E-state index < -0.39 is 5.41 Å². The first-order valence-electron chi connectivity index (χ1n) is 5.52. The van der Waals surface area contributed by atoms with Crippen LogP contribution in [0.25, 0.3) is 0 Å². The van der Waals surface area contributed by atoms with Gasteiger partial charge < -0.3 is 20.8 Å². The number of carbonyl (C=O) groups excluding carboxylic acids is 1. The van der Waals surface area contributed by atoms with Crippen LogP contribution in [-0.2, 0) is 11.3 Å². The molecule has 96 valence electrons. The van der Waals surface area contributed by atoms with E-state index in [-0.39, 0.29) is 5.91 Å². The highest BCUT2D eigenvalue weighted by Crippen LogP contribution is 2.15. The second kappa shape index (κ2) is 5.62. The van der Waals surface area contributed by atoms with Crippen LogP contribution in [0.15, 0.2) is 4.42 Å². The second-order valence-electron chi connectivity index (χ2n) is 4.38. The number of carbonyl (C=O) groups is 1. The summed E-state index contributed by atoms with van der Waals surface area (Å²) >= 11 is 0. The summed E-state index contributed by atoms with van der Waals surface area (Å²) in [5.41, 5.74) is 4.59. The Hall–Kier alpha value is -1.63. The van der Waals surface area contributed by atoms with Gasteiger partial charge in [-0.15, -0.1) is 5.10 Å². The average molecular weight is 241 g/mol. The Morgan fingerprint density at radius 1 is 1.47 bits per heavy atom. The lowest BCUT2D eigenvalue weighted by Crippen LogP contribution is -2.37. The lowest BCUT2D eigenvalue weighted by molar-refractivity contribution is -0.125. The lowest BCUT2D eigenvalue weighted by Gasteiger charge is -2.19. The van der Waals surface area contributed by atoms with Gasteiger partial charge in [0, 0.05) is 6.54 Å². The summed E-state index contributed by atoms with van der Waals surface area (Å²) in [4.78, 5) is 11.1. The number of nitrogens with zero attached hydrogens (tertiary/aromatic N) is 2. The molecule has 0 bridgehead atoms. The van der Waals surface area contributed by atoms with E-state index in [1.165, 1.54) is 0 Å². The van der Waals surface area contributed by atoms with Crippen LogP contribution >= 0.6 is 0 Å². The fourth-order valence-electron chi connectivity index (χ4n) is 1.01. The van der Waals surface area contributed by atoms with Crippen LogP contribution in [0.2, 0.25) is 0 Å². The van der Waals surface area contributed by atoms with Crippen molar-refractivity contribution in [2.45, 2.75) is 27.3 Å². The molecular formula is C10H19N5O2. The Balaban J connectivity index is 2.47. The van der Waals surface area contributed by atoms with Crippen molar-refractivity contribution in [2.75, 3.05) is 18.4 Å². The van der Waals surface area contributed by atoms with Crippen molar-refractivity contribution >= 4 is 11.9 Å². The normalized spacial score (nSPS) is 11.5. The van der Waals surface area contributed by atoms with Gasteiger partial charge >= 0.3 is 6.01 Å². The van der Waals surface area contributed by atoms with Gasteiger partial charge in [0.05, 0.1) is 12.0 Å². The molecule has 0 aliphatic heterocycles. The number of nitrogens with two attached hydrogens (primary N) is 1. The number of anilines is 1. The fraction of sp³-hybridized carbons (Fsp3) is 0.700. The van der Waals surface area contributed by atoms with E-state index in [0.29, 0.717) is 25.0 Å². The molecule has 1 aromatic rings. The summed E-state index contributed by atoms with van der Waals surface area (Å²) in [6, 6.07) is 0.298. The Bertz CT molecular complexity index is 375. The van der Waals surface area contributed by atoms with Crippen molar-refractivity contribution in [2.24, 2.45) is 11.1 Å². The van der Waals surface area contributed by atoms with E-state index >= 15 is 0 Å². The minimum Gasteiger partial charge on any atom is -0.407 e. The number of hydrogen-bond donors (Lipinski definition) is 3. The van der Waals surface area contributed by atoms with E-state index in [0.717, 1.165) is 6.54 Å². The Morgan fingerprint density at radius 3 is 2.76 bits per heavy atom. The van der Waals surface area contributed by atoms with Crippen LogP contribution in [0.3, 0.4) is 0 Å². The number of aromatic nitrogens is 2. The van der Waals surface area contributed by atoms with Crippen molar-refractivity contribution < 1.29 is 9.21 Å². The topological polar surface area (TPSA) is 106 Å². The highest BCUT2D eigenvalue weighted by molar-refractivity contribution is 5.80. The van der Waals surface area contributed by atoms with Crippen LogP contribution in [0.1, 0.15) is 26.7 Å². The maximum atomic E-state index is 11.1. The molecule has 0 unspecified atom stereocenters. The first-order chi connectivity index (χ1) is 7.95. The van der Waals surface area contributed by atoms with E-state index in [4.69, 9.17) is 10.2 Å². The fourth-order valence-corrected chi connectivity index (χ4v) is 1.01. The number of rotatable bonds is 7. The Morgan fingerprint density at radius 2 is 2.18 bits per heavy atom. The number of amides is 1. The van der Waals surface area contributed by atoms with Crippen molar-refractivity contribution in [1.29, 1.82) is 0 Å². The monoisotopic (exact) mass is 241 g/mol. The van der Waals surface area contributed by atoms with Crippen LogP contribution in [-0.4, -0.2) is 29.2 Å². The van der Waals surface area contributed by atoms with Gasteiger partial charge in [0.15, 0.2) is 0 Å². The highest BCUT2D eigenvalue weighted by Gasteiger charge is 2.25. The molecule has 4 N–H and O–H groups in total. The summed E-state index contributed by atoms with van der Waals surface area (Å²) in [6.07, 6.45) is 0. The predicted octanol–water partition coefficient (Wildman–Crippen LogP) is 0.103. The molecule has 1 rings (SSSR count). The van der Waals surface area contributed by atoms with Gasteiger partial charge in [0.2, 0.25) is 11.8 Å². The molecule has 0 aromatic carbocycles. The number of nitrogens with one attached hydrogen (secondary N) is 2. The molecule has 1 amide bonds. The van der Waals surface area contributed by atoms with Crippen LogP contribution in [0.5, 0.6) is 0 Å². The third-order valence-corrected chi connectivity index (χ3v) is 2.34. The number of hydrogen-bond acceptors (Lipinski definition) is 6. The zero-order valence-electron chi connectivity index (χ0n) is 10.4.